The van der Waals surface area contributed by atoms with E-state index in [1.54, 1.807) is 11.3 Å². The van der Waals surface area contributed by atoms with Crippen molar-refractivity contribution in [1.82, 2.24) is 0 Å². The van der Waals surface area contributed by atoms with E-state index in [1.165, 1.54) is 0 Å². The minimum atomic E-state index is -0.237. The summed E-state index contributed by atoms with van der Waals surface area (Å²) in [6.45, 7) is 1.98. The SMILES string of the molecule is Cc1cccc(C(Cl)c2cc(Br)sc2Br)c1Cl. The molecule has 17 heavy (non-hydrogen) atoms. The summed E-state index contributed by atoms with van der Waals surface area (Å²) < 4.78 is 2.08. The highest BCUT2D eigenvalue weighted by Gasteiger charge is 2.19. The molecule has 90 valence electrons. The average Bonchev–Trinajstić information content (AvgIpc) is 2.61. The van der Waals surface area contributed by atoms with Crippen LogP contribution in [0, 0.1) is 6.92 Å². The van der Waals surface area contributed by atoms with Gasteiger partial charge in [0.25, 0.3) is 0 Å². The van der Waals surface area contributed by atoms with Crippen molar-refractivity contribution >= 4 is 66.4 Å². The van der Waals surface area contributed by atoms with Gasteiger partial charge in [-0.3, -0.25) is 0 Å². The van der Waals surface area contributed by atoms with Gasteiger partial charge in [0.2, 0.25) is 0 Å². The van der Waals surface area contributed by atoms with Crippen molar-refractivity contribution in [1.29, 1.82) is 0 Å². The van der Waals surface area contributed by atoms with E-state index in [1.807, 2.05) is 31.2 Å². The van der Waals surface area contributed by atoms with E-state index < -0.39 is 0 Å². The Kier molecular flexibility index (Phi) is 4.59. The van der Waals surface area contributed by atoms with Crippen molar-refractivity contribution in [2.45, 2.75) is 12.3 Å². The van der Waals surface area contributed by atoms with Gasteiger partial charge in [-0.1, -0.05) is 29.8 Å². The first-order valence-electron chi connectivity index (χ1n) is 4.84. The fourth-order valence-corrected chi connectivity index (χ4v) is 5.30. The van der Waals surface area contributed by atoms with Gasteiger partial charge in [-0.05, 0) is 56.0 Å². The second-order valence-electron chi connectivity index (χ2n) is 3.62. The van der Waals surface area contributed by atoms with Crippen molar-refractivity contribution < 1.29 is 0 Å². The number of thiophene rings is 1. The van der Waals surface area contributed by atoms with Gasteiger partial charge in [0.1, 0.15) is 0 Å². The van der Waals surface area contributed by atoms with E-state index in [2.05, 4.69) is 31.9 Å². The Morgan fingerprint density at radius 1 is 1.24 bits per heavy atom. The zero-order valence-electron chi connectivity index (χ0n) is 8.81. The van der Waals surface area contributed by atoms with Crippen LogP contribution in [-0.4, -0.2) is 0 Å². The van der Waals surface area contributed by atoms with E-state index >= 15 is 0 Å². The van der Waals surface area contributed by atoms with Gasteiger partial charge in [0.05, 0.1) is 12.9 Å². The first kappa shape index (κ1) is 13.9. The molecule has 0 saturated heterocycles. The highest BCUT2D eigenvalue weighted by Crippen LogP contribution is 2.42. The van der Waals surface area contributed by atoms with E-state index in [4.69, 9.17) is 23.2 Å². The van der Waals surface area contributed by atoms with Crippen LogP contribution in [0.3, 0.4) is 0 Å². The molecule has 1 heterocycles. The maximum absolute atomic E-state index is 6.50. The number of rotatable bonds is 2. The summed E-state index contributed by atoms with van der Waals surface area (Å²) in [6, 6.07) is 7.94. The van der Waals surface area contributed by atoms with Crippen LogP contribution >= 0.6 is 66.4 Å². The van der Waals surface area contributed by atoms with Crippen LogP contribution in [0.25, 0.3) is 0 Å². The molecule has 0 fully saturated rings. The second-order valence-corrected chi connectivity index (χ2v) is 8.18. The van der Waals surface area contributed by atoms with Crippen molar-refractivity contribution in [3.05, 3.63) is 53.6 Å². The summed E-state index contributed by atoms with van der Waals surface area (Å²) >= 11 is 21.4. The highest BCUT2D eigenvalue weighted by molar-refractivity contribution is 9.12. The Morgan fingerprint density at radius 3 is 2.53 bits per heavy atom. The highest BCUT2D eigenvalue weighted by atomic mass is 79.9. The lowest BCUT2D eigenvalue weighted by molar-refractivity contribution is 1.14. The van der Waals surface area contributed by atoms with Crippen molar-refractivity contribution in [2.24, 2.45) is 0 Å². The Morgan fingerprint density at radius 2 is 1.94 bits per heavy atom. The number of hydrogen-bond acceptors (Lipinski definition) is 1. The fraction of sp³-hybridized carbons (Fsp3) is 0.167. The van der Waals surface area contributed by atoms with Crippen LogP contribution in [0.4, 0.5) is 0 Å². The predicted molar refractivity (Wildman–Crippen MR) is 83.6 cm³/mol. The fourth-order valence-electron chi connectivity index (χ4n) is 1.56. The first-order chi connectivity index (χ1) is 8.00. The van der Waals surface area contributed by atoms with Gasteiger partial charge >= 0.3 is 0 Å². The van der Waals surface area contributed by atoms with Crippen LogP contribution in [-0.2, 0) is 0 Å². The van der Waals surface area contributed by atoms with Gasteiger partial charge in [-0.2, -0.15) is 0 Å². The standard InChI is InChI=1S/C12H8Br2Cl2S/c1-6-3-2-4-7(10(6)15)11(16)8-5-9(13)17-12(8)14/h2-5,11H,1H3. The Bertz CT molecular complexity index is 551. The molecule has 1 aromatic heterocycles. The summed E-state index contributed by atoms with van der Waals surface area (Å²) in [5.74, 6) is 0. The molecule has 1 unspecified atom stereocenters. The van der Waals surface area contributed by atoms with Crippen LogP contribution < -0.4 is 0 Å². The molecule has 0 radical (unpaired) electrons. The summed E-state index contributed by atoms with van der Waals surface area (Å²) in [5.41, 5.74) is 3.02. The van der Waals surface area contributed by atoms with Crippen LogP contribution in [0.2, 0.25) is 5.02 Å². The third-order valence-corrected chi connectivity index (χ3v) is 5.82. The van der Waals surface area contributed by atoms with E-state index in [-0.39, 0.29) is 5.38 Å². The number of aryl methyl sites for hydroxylation is 1. The molecule has 0 saturated carbocycles. The molecular formula is C12H8Br2Cl2S. The molecule has 1 aromatic carbocycles. The van der Waals surface area contributed by atoms with Gasteiger partial charge in [-0.25, -0.2) is 0 Å². The average molecular weight is 415 g/mol. The smallest absolute Gasteiger partial charge is 0.0869 e. The van der Waals surface area contributed by atoms with Gasteiger partial charge in [0.15, 0.2) is 0 Å². The number of benzene rings is 1. The molecule has 0 nitrogen and oxygen atoms in total. The summed E-state index contributed by atoms with van der Waals surface area (Å²) in [7, 11) is 0. The molecular weight excluding hydrogens is 407 g/mol. The summed E-state index contributed by atoms with van der Waals surface area (Å²) in [5, 5.41) is 0.501. The zero-order valence-corrected chi connectivity index (χ0v) is 14.3. The Balaban J connectivity index is 2.47. The molecule has 0 aliphatic heterocycles. The topological polar surface area (TPSA) is 0 Å². The van der Waals surface area contributed by atoms with Gasteiger partial charge in [0, 0.05) is 10.6 Å². The largest absolute Gasteiger partial charge is 0.121 e. The molecule has 0 bridgehead atoms. The van der Waals surface area contributed by atoms with Crippen LogP contribution in [0.5, 0.6) is 0 Å². The van der Waals surface area contributed by atoms with E-state index in [0.717, 1.165) is 29.3 Å². The third kappa shape index (κ3) is 2.90. The first-order valence-corrected chi connectivity index (χ1v) is 8.06. The molecule has 0 aliphatic carbocycles. The third-order valence-electron chi connectivity index (χ3n) is 2.45. The monoisotopic (exact) mass is 412 g/mol. The van der Waals surface area contributed by atoms with Crippen molar-refractivity contribution in [3.8, 4) is 0 Å². The van der Waals surface area contributed by atoms with Crippen molar-refractivity contribution in [2.75, 3.05) is 0 Å². The molecule has 2 rings (SSSR count). The lowest BCUT2D eigenvalue weighted by atomic mass is 10.0. The lowest BCUT2D eigenvalue weighted by Crippen LogP contribution is -1.94. The van der Waals surface area contributed by atoms with Crippen LogP contribution in [0.15, 0.2) is 31.8 Å². The normalized spacial score (nSPS) is 12.8. The van der Waals surface area contributed by atoms with E-state index in [0.29, 0.717) is 0 Å². The quantitative estimate of drug-likeness (QED) is 0.488. The zero-order chi connectivity index (χ0) is 12.6. The van der Waals surface area contributed by atoms with Crippen LogP contribution in [0.1, 0.15) is 22.1 Å². The molecule has 2 aromatic rings. The second kappa shape index (κ2) is 5.62. The molecule has 0 aliphatic rings. The predicted octanol–water partition coefficient (Wildman–Crippen LogP) is 6.56. The molecule has 5 heteroatoms. The minimum absolute atomic E-state index is 0.237. The Labute approximate surface area is 131 Å². The summed E-state index contributed by atoms with van der Waals surface area (Å²) in [6.07, 6.45) is 0. The summed E-state index contributed by atoms with van der Waals surface area (Å²) in [4.78, 5) is 0. The van der Waals surface area contributed by atoms with Gasteiger partial charge < -0.3 is 0 Å². The lowest BCUT2D eigenvalue weighted by Gasteiger charge is -2.12. The molecule has 1 atom stereocenters. The maximum Gasteiger partial charge on any atom is 0.0869 e. The minimum Gasteiger partial charge on any atom is -0.121 e. The molecule has 0 spiro atoms. The number of alkyl halides is 1. The maximum atomic E-state index is 6.50. The van der Waals surface area contributed by atoms with E-state index in [9.17, 15) is 0 Å². The van der Waals surface area contributed by atoms with Crippen molar-refractivity contribution in [3.63, 3.8) is 0 Å². The molecule has 0 N–H and O–H groups in total. The van der Waals surface area contributed by atoms with Gasteiger partial charge in [-0.15, -0.1) is 22.9 Å². The molecule has 0 amide bonds. The number of halogens is 4. The Hall–Kier alpha value is 0.460. The number of hydrogen-bond donors (Lipinski definition) is 0.